The summed E-state index contributed by atoms with van der Waals surface area (Å²) in [5.74, 6) is 1.05. The predicted molar refractivity (Wildman–Crippen MR) is 84.2 cm³/mol. The molecule has 1 aliphatic rings. The Morgan fingerprint density at radius 3 is 2.67 bits per heavy atom. The fourth-order valence-electron chi connectivity index (χ4n) is 2.89. The van der Waals surface area contributed by atoms with Crippen LogP contribution in [0.5, 0.6) is 5.75 Å². The Morgan fingerprint density at radius 1 is 1.24 bits per heavy atom. The number of carbonyl (C=O) groups excluding carboxylic acids is 1. The molecule has 1 N–H and O–H groups in total. The average Bonchev–Trinajstić information content (AvgIpc) is 2.84. The van der Waals surface area contributed by atoms with Crippen molar-refractivity contribution in [2.45, 2.75) is 51.7 Å². The molecule has 1 aliphatic heterocycles. The van der Waals surface area contributed by atoms with Gasteiger partial charge in [-0.05, 0) is 18.9 Å². The summed E-state index contributed by atoms with van der Waals surface area (Å²) in [5, 5.41) is 3.45. The van der Waals surface area contributed by atoms with Gasteiger partial charge in [0.25, 0.3) is 0 Å². The third kappa shape index (κ3) is 3.38. The van der Waals surface area contributed by atoms with Crippen molar-refractivity contribution in [1.29, 1.82) is 0 Å². The number of ether oxygens (including phenoxy) is 1. The van der Waals surface area contributed by atoms with E-state index in [2.05, 4.69) is 12.2 Å². The van der Waals surface area contributed by atoms with Crippen molar-refractivity contribution in [3.8, 4) is 5.75 Å². The number of carbonyl (C=O) groups is 1. The zero-order chi connectivity index (χ0) is 15.2. The highest BCUT2D eigenvalue weighted by Gasteiger charge is 2.39. The Labute approximate surface area is 127 Å². The second-order valence-electron chi connectivity index (χ2n) is 5.51. The van der Waals surface area contributed by atoms with Gasteiger partial charge < -0.3 is 9.64 Å². The van der Waals surface area contributed by atoms with Crippen LogP contribution in [0.15, 0.2) is 24.3 Å². The van der Waals surface area contributed by atoms with Crippen molar-refractivity contribution in [2.24, 2.45) is 0 Å². The molecule has 0 saturated carbocycles. The van der Waals surface area contributed by atoms with Gasteiger partial charge in [0.05, 0.1) is 13.2 Å². The number of nitrogens with zero attached hydrogens (tertiary/aromatic N) is 1. The van der Waals surface area contributed by atoms with Gasteiger partial charge in [-0.3, -0.25) is 10.1 Å². The van der Waals surface area contributed by atoms with Gasteiger partial charge in [-0.25, -0.2) is 0 Å². The zero-order valence-electron chi connectivity index (χ0n) is 13.3. The maximum absolute atomic E-state index is 12.5. The van der Waals surface area contributed by atoms with Crippen LogP contribution < -0.4 is 10.1 Å². The number of hydrogen-bond donors (Lipinski definition) is 1. The maximum Gasteiger partial charge on any atom is 0.241 e. The maximum atomic E-state index is 12.5. The van der Waals surface area contributed by atoms with E-state index in [-0.39, 0.29) is 18.1 Å². The molecule has 1 aromatic carbocycles. The predicted octanol–water partition coefficient (Wildman–Crippen LogP) is 3.09. The van der Waals surface area contributed by atoms with Gasteiger partial charge in [-0.1, -0.05) is 44.9 Å². The number of para-hydroxylation sites is 1. The molecule has 1 aromatic rings. The number of rotatable bonds is 7. The number of benzene rings is 1. The van der Waals surface area contributed by atoms with E-state index in [0.29, 0.717) is 0 Å². The van der Waals surface area contributed by atoms with E-state index in [0.717, 1.165) is 43.5 Å². The molecule has 0 aromatic heterocycles. The fourth-order valence-corrected chi connectivity index (χ4v) is 2.89. The van der Waals surface area contributed by atoms with E-state index in [1.54, 1.807) is 7.11 Å². The molecule has 2 unspecified atom stereocenters. The molecule has 116 valence electrons. The summed E-state index contributed by atoms with van der Waals surface area (Å²) in [7, 11) is 1.67. The molecule has 1 fully saturated rings. The molecule has 2 atom stereocenters. The molecule has 2 rings (SSSR count). The van der Waals surface area contributed by atoms with Crippen molar-refractivity contribution in [2.75, 3.05) is 13.7 Å². The van der Waals surface area contributed by atoms with Crippen molar-refractivity contribution in [3.05, 3.63) is 29.8 Å². The van der Waals surface area contributed by atoms with E-state index in [1.165, 1.54) is 0 Å². The molecule has 0 bridgehead atoms. The normalized spacial score (nSPS) is 21.9. The van der Waals surface area contributed by atoms with E-state index in [9.17, 15) is 4.79 Å². The highest BCUT2D eigenvalue weighted by molar-refractivity contribution is 5.84. The quantitative estimate of drug-likeness (QED) is 0.785. The minimum atomic E-state index is -0.0819. The second-order valence-corrected chi connectivity index (χ2v) is 5.51. The smallest absolute Gasteiger partial charge is 0.241 e. The number of hydrogen-bond acceptors (Lipinski definition) is 3. The summed E-state index contributed by atoms with van der Waals surface area (Å²) in [4.78, 5) is 14.5. The lowest BCUT2D eigenvalue weighted by atomic mass is 10.1. The number of unbranched alkanes of at least 4 members (excludes halogenated alkanes) is 2. The number of amides is 1. The van der Waals surface area contributed by atoms with Gasteiger partial charge in [0, 0.05) is 12.1 Å². The monoisotopic (exact) mass is 290 g/mol. The Morgan fingerprint density at radius 2 is 2.00 bits per heavy atom. The van der Waals surface area contributed by atoms with E-state index in [4.69, 9.17) is 4.74 Å². The topological polar surface area (TPSA) is 41.6 Å². The van der Waals surface area contributed by atoms with Crippen LogP contribution in [-0.2, 0) is 4.79 Å². The van der Waals surface area contributed by atoms with Gasteiger partial charge >= 0.3 is 0 Å². The fraction of sp³-hybridized carbons (Fsp3) is 0.588. The van der Waals surface area contributed by atoms with Gasteiger partial charge in [0.2, 0.25) is 5.91 Å². The lowest BCUT2D eigenvalue weighted by molar-refractivity contribution is -0.130. The molecule has 0 aliphatic carbocycles. The molecule has 4 nitrogen and oxygen atoms in total. The highest BCUT2D eigenvalue weighted by Crippen LogP contribution is 2.32. The minimum absolute atomic E-state index is 0.0737. The van der Waals surface area contributed by atoms with Crippen LogP contribution in [0.1, 0.15) is 51.3 Å². The second kappa shape index (κ2) is 7.46. The molecular formula is C17H26N2O2. The first kappa shape index (κ1) is 15.8. The zero-order valence-corrected chi connectivity index (χ0v) is 13.3. The van der Waals surface area contributed by atoms with Crippen LogP contribution in [0.4, 0.5) is 0 Å². The molecule has 4 heteroatoms. The largest absolute Gasteiger partial charge is 0.496 e. The molecular weight excluding hydrogens is 264 g/mol. The summed E-state index contributed by atoms with van der Waals surface area (Å²) in [5.41, 5.74) is 1.04. The first-order valence-electron chi connectivity index (χ1n) is 7.92. The summed E-state index contributed by atoms with van der Waals surface area (Å²) in [6, 6.07) is 7.85. The lowest BCUT2D eigenvalue weighted by Crippen LogP contribution is -2.32. The number of nitrogens with one attached hydrogen (secondary N) is 1. The van der Waals surface area contributed by atoms with Gasteiger partial charge in [0.15, 0.2) is 0 Å². The summed E-state index contributed by atoms with van der Waals surface area (Å²) in [6.45, 7) is 5.03. The average molecular weight is 290 g/mol. The van der Waals surface area contributed by atoms with Gasteiger partial charge in [-0.2, -0.15) is 0 Å². The molecule has 1 amide bonds. The lowest BCUT2D eigenvalue weighted by Gasteiger charge is -2.25. The minimum Gasteiger partial charge on any atom is -0.496 e. The van der Waals surface area contributed by atoms with Crippen LogP contribution in [0.2, 0.25) is 0 Å². The first-order chi connectivity index (χ1) is 10.2. The SMILES string of the molecule is CCCCCN1C(=O)C(CC)NC1c1ccccc1OC. The van der Waals surface area contributed by atoms with Crippen molar-refractivity contribution >= 4 is 5.91 Å². The van der Waals surface area contributed by atoms with Crippen LogP contribution in [-0.4, -0.2) is 30.5 Å². The molecule has 1 saturated heterocycles. The Kier molecular flexibility index (Phi) is 5.62. The molecule has 21 heavy (non-hydrogen) atoms. The Hall–Kier alpha value is -1.55. The summed E-state index contributed by atoms with van der Waals surface area (Å²) >= 11 is 0. The van der Waals surface area contributed by atoms with Crippen LogP contribution in [0.25, 0.3) is 0 Å². The first-order valence-corrected chi connectivity index (χ1v) is 7.92. The van der Waals surface area contributed by atoms with E-state index < -0.39 is 0 Å². The van der Waals surface area contributed by atoms with Gasteiger partial charge in [0.1, 0.15) is 11.9 Å². The number of methoxy groups -OCH3 is 1. The van der Waals surface area contributed by atoms with E-state index in [1.807, 2.05) is 36.1 Å². The molecule has 1 heterocycles. The Balaban J connectivity index is 2.23. The van der Waals surface area contributed by atoms with Crippen LogP contribution >= 0.6 is 0 Å². The third-order valence-electron chi connectivity index (χ3n) is 4.10. The highest BCUT2D eigenvalue weighted by atomic mass is 16.5. The Bertz CT molecular complexity index is 476. The van der Waals surface area contributed by atoms with Crippen LogP contribution in [0, 0.1) is 0 Å². The van der Waals surface area contributed by atoms with Crippen molar-refractivity contribution in [3.63, 3.8) is 0 Å². The van der Waals surface area contributed by atoms with Crippen LogP contribution in [0.3, 0.4) is 0 Å². The van der Waals surface area contributed by atoms with Gasteiger partial charge in [-0.15, -0.1) is 0 Å². The standard InChI is InChI=1S/C17H26N2O2/c1-4-6-9-12-19-16(18-14(5-2)17(19)20)13-10-7-8-11-15(13)21-3/h7-8,10-11,14,16,18H,4-6,9,12H2,1-3H3. The third-order valence-corrected chi connectivity index (χ3v) is 4.10. The molecule has 0 spiro atoms. The summed E-state index contributed by atoms with van der Waals surface area (Å²) < 4.78 is 5.46. The van der Waals surface area contributed by atoms with Crippen molar-refractivity contribution < 1.29 is 9.53 Å². The molecule has 0 radical (unpaired) electrons. The summed E-state index contributed by atoms with van der Waals surface area (Å²) in [6.07, 6.45) is 4.10. The van der Waals surface area contributed by atoms with Crippen molar-refractivity contribution in [1.82, 2.24) is 10.2 Å². The van der Waals surface area contributed by atoms with E-state index >= 15 is 0 Å².